The van der Waals surface area contributed by atoms with Crippen LogP contribution in [0.1, 0.15) is 6.92 Å². The zero-order valence-corrected chi connectivity index (χ0v) is 18.6. The molecule has 1 aliphatic rings. The molecular formula is C19H29FIN5O. The summed E-state index contributed by atoms with van der Waals surface area (Å²) in [5, 5.41) is 3.26. The fourth-order valence-corrected chi connectivity index (χ4v) is 2.65. The normalized spacial score (nSPS) is 14.4. The first-order valence-corrected chi connectivity index (χ1v) is 8.75. The van der Waals surface area contributed by atoms with Crippen molar-refractivity contribution in [3.8, 4) is 0 Å². The molecule has 27 heavy (non-hydrogen) atoms. The number of hydrogen-bond acceptors (Lipinski definition) is 3. The maximum atomic E-state index is 14.0. The molecule has 1 fully saturated rings. The van der Waals surface area contributed by atoms with Crippen LogP contribution in [0, 0.1) is 5.82 Å². The van der Waals surface area contributed by atoms with Gasteiger partial charge in [0.15, 0.2) is 5.96 Å². The van der Waals surface area contributed by atoms with Gasteiger partial charge in [-0.15, -0.1) is 24.0 Å². The van der Waals surface area contributed by atoms with E-state index in [9.17, 15) is 9.18 Å². The van der Waals surface area contributed by atoms with Crippen molar-refractivity contribution in [1.82, 2.24) is 15.1 Å². The first kappa shape index (κ1) is 23.2. The van der Waals surface area contributed by atoms with Gasteiger partial charge in [-0.1, -0.05) is 24.3 Å². The average molecular weight is 489 g/mol. The number of anilines is 1. The van der Waals surface area contributed by atoms with Crippen molar-refractivity contribution in [2.75, 3.05) is 58.3 Å². The predicted molar refractivity (Wildman–Crippen MR) is 119 cm³/mol. The monoisotopic (exact) mass is 489 g/mol. The molecule has 150 valence electrons. The Kier molecular flexibility index (Phi) is 9.54. The van der Waals surface area contributed by atoms with Gasteiger partial charge in [-0.05, 0) is 19.1 Å². The van der Waals surface area contributed by atoms with E-state index in [4.69, 9.17) is 0 Å². The average Bonchev–Trinajstić information content (AvgIpc) is 2.62. The zero-order chi connectivity index (χ0) is 19.1. The van der Waals surface area contributed by atoms with Crippen molar-refractivity contribution in [3.05, 3.63) is 42.2 Å². The van der Waals surface area contributed by atoms with Crippen molar-refractivity contribution < 1.29 is 9.18 Å². The quantitative estimate of drug-likeness (QED) is 0.298. The first-order chi connectivity index (χ1) is 12.4. The molecule has 0 saturated carbocycles. The number of para-hydroxylation sites is 1. The van der Waals surface area contributed by atoms with E-state index in [0.29, 0.717) is 44.4 Å². The van der Waals surface area contributed by atoms with E-state index in [-0.39, 0.29) is 42.2 Å². The van der Waals surface area contributed by atoms with Crippen LogP contribution < -0.4 is 10.2 Å². The Morgan fingerprint density at radius 2 is 1.89 bits per heavy atom. The Balaban J connectivity index is 0.00000364. The molecule has 0 spiro atoms. The highest BCUT2D eigenvalue weighted by atomic mass is 127. The number of likely N-dealkylation sites (N-methyl/N-ethyl adjacent to an activating group) is 1. The molecule has 0 aromatic heterocycles. The van der Waals surface area contributed by atoms with E-state index in [1.165, 1.54) is 11.0 Å². The molecule has 1 heterocycles. The lowest BCUT2D eigenvalue weighted by molar-refractivity contribution is -0.127. The van der Waals surface area contributed by atoms with Crippen LogP contribution in [-0.2, 0) is 4.79 Å². The molecule has 0 bridgehead atoms. The summed E-state index contributed by atoms with van der Waals surface area (Å²) in [6, 6.07) is 6.83. The lowest BCUT2D eigenvalue weighted by Gasteiger charge is -2.38. The Morgan fingerprint density at radius 1 is 1.26 bits per heavy atom. The molecule has 8 heteroatoms. The molecule has 2 rings (SSSR count). The van der Waals surface area contributed by atoms with E-state index in [1.54, 1.807) is 26.2 Å². The number of amides is 1. The smallest absolute Gasteiger partial charge is 0.243 e. The standard InChI is InChI=1S/C19H28FN5O.HI/c1-15(2)13-21-19(22-14-18(26)23(3)4)25-11-9-24(10-12-25)17-8-6-5-7-16(17)20;/h5-8H,1,9-14H2,2-4H3,(H,21,22);1H. The van der Waals surface area contributed by atoms with Crippen molar-refractivity contribution in [3.63, 3.8) is 0 Å². The molecule has 6 nitrogen and oxygen atoms in total. The Morgan fingerprint density at radius 3 is 2.44 bits per heavy atom. The van der Waals surface area contributed by atoms with Gasteiger partial charge in [0.2, 0.25) is 5.91 Å². The van der Waals surface area contributed by atoms with Crippen LogP contribution in [0.4, 0.5) is 10.1 Å². The summed E-state index contributed by atoms with van der Waals surface area (Å²) in [6.45, 7) is 9.31. The summed E-state index contributed by atoms with van der Waals surface area (Å²) in [5.41, 5.74) is 1.62. The fraction of sp³-hybridized carbons (Fsp3) is 0.474. The number of carbonyl (C=O) groups excluding carboxylic acids is 1. The maximum absolute atomic E-state index is 14.0. The minimum Gasteiger partial charge on any atom is -0.366 e. The number of aliphatic imine (C=N–C) groups is 1. The third kappa shape index (κ3) is 7.00. The molecular weight excluding hydrogens is 460 g/mol. The summed E-state index contributed by atoms with van der Waals surface area (Å²) in [5.74, 6) is 0.438. The van der Waals surface area contributed by atoms with Crippen LogP contribution in [0.2, 0.25) is 0 Å². The van der Waals surface area contributed by atoms with Crippen molar-refractivity contribution in [2.24, 2.45) is 4.99 Å². The van der Waals surface area contributed by atoms with E-state index in [1.807, 2.05) is 17.9 Å². The number of halogens is 2. The highest BCUT2D eigenvalue weighted by Gasteiger charge is 2.21. The molecule has 1 aliphatic heterocycles. The molecule has 1 N–H and O–H groups in total. The molecule has 0 aliphatic carbocycles. The molecule has 0 unspecified atom stereocenters. The largest absolute Gasteiger partial charge is 0.366 e. The summed E-state index contributed by atoms with van der Waals surface area (Å²) in [7, 11) is 3.43. The number of nitrogens with zero attached hydrogens (tertiary/aromatic N) is 4. The maximum Gasteiger partial charge on any atom is 0.243 e. The number of rotatable bonds is 5. The second-order valence-corrected chi connectivity index (χ2v) is 6.66. The topological polar surface area (TPSA) is 51.2 Å². The van der Waals surface area contributed by atoms with Crippen LogP contribution in [0.15, 0.2) is 41.4 Å². The molecule has 1 amide bonds. The van der Waals surface area contributed by atoms with Crippen molar-refractivity contribution >= 4 is 41.5 Å². The van der Waals surface area contributed by atoms with Crippen LogP contribution in [-0.4, -0.2) is 75.0 Å². The van der Waals surface area contributed by atoms with Gasteiger partial charge < -0.3 is 20.0 Å². The molecule has 1 aromatic rings. The van der Waals surface area contributed by atoms with Gasteiger partial charge in [0, 0.05) is 46.8 Å². The van der Waals surface area contributed by atoms with Crippen LogP contribution in [0.3, 0.4) is 0 Å². The van der Waals surface area contributed by atoms with Gasteiger partial charge in [0.05, 0.1) is 5.69 Å². The van der Waals surface area contributed by atoms with Gasteiger partial charge in [0.25, 0.3) is 0 Å². The van der Waals surface area contributed by atoms with E-state index in [2.05, 4.69) is 21.8 Å². The van der Waals surface area contributed by atoms with Gasteiger partial charge in [-0.25, -0.2) is 9.38 Å². The highest BCUT2D eigenvalue weighted by Crippen LogP contribution is 2.20. The van der Waals surface area contributed by atoms with Gasteiger partial charge in [-0.3, -0.25) is 4.79 Å². The number of guanidine groups is 1. The fourth-order valence-electron chi connectivity index (χ4n) is 2.65. The minimum absolute atomic E-state index is 0. The second-order valence-electron chi connectivity index (χ2n) is 6.66. The van der Waals surface area contributed by atoms with E-state index < -0.39 is 0 Å². The van der Waals surface area contributed by atoms with E-state index >= 15 is 0 Å². The predicted octanol–water partition coefficient (Wildman–Crippen LogP) is 2.18. The summed E-state index contributed by atoms with van der Waals surface area (Å²) in [6.07, 6.45) is 0. The number of carbonyl (C=O) groups is 1. The number of hydrogen-bond donors (Lipinski definition) is 1. The molecule has 0 radical (unpaired) electrons. The first-order valence-electron chi connectivity index (χ1n) is 8.75. The molecule has 0 atom stereocenters. The lowest BCUT2D eigenvalue weighted by Crippen LogP contribution is -2.53. The third-order valence-electron chi connectivity index (χ3n) is 4.18. The summed E-state index contributed by atoms with van der Waals surface area (Å²) >= 11 is 0. The Labute approximate surface area is 178 Å². The van der Waals surface area contributed by atoms with Crippen LogP contribution >= 0.6 is 24.0 Å². The summed E-state index contributed by atoms with van der Waals surface area (Å²) in [4.78, 5) is 22.0. The summed E-state index contributed by atoms with van der Waals surface area (Å²) < 4.78 is 14.0. The van der Waals surface area contributed by atoms with Gasteiger partial charge in [-0.2, -0.15) is 0 Å². The molecule has 1 aromatic carbocycles. The third-order valence-corrected chi connectivity index (χ3v) is 4.18. The minimum atomic E-state index is -0.202. The second kappa shape index (κ2) is 11.1. The van der Waals surface area contributed by atoms with E-state index in [0.717, 1.165) is 5.57 Å². The zero-order valence-electron chi connectivity index (χ0n) is 16.2. The lowest BCUT2D eigenvalue weighted by atomic mass is 10.2. The SMILES string of the molecule is C=C(C)CNC(=NCC(=O)N(C)C)N1CCN(c2ccccc2F)CC1.I. The van der Waals surface area contributed by atoms with Crippen LogP contribution in [0.5, 0.6) is 0 Å². The van der Waals surface area contributed by atoms with Gasteiger partial charge >= 0.3 is 0 Å². The molecule has 1 saturated heterocycles. The Hall–Kier alpha value is -1.84. The number of nitrogens with one attached hydrogen (secondary N) is 1. The Bertz CT molecular complexity index is 672. The van der Waals surface area contributed by atoms with Crippen molar-refractivity contribution in [1.29, 1.82) is 0 Å². The van der Waals surface area contributed by atoms with Gasteiger partial charge in [0.1, 0.15) is 12.4 Å². The van der Waals surface area contributed by atoms with Crippen LogP contribution in [0.25, 0.3) is 0 Å². The number of piperazine rings is 1. The number of benzene rings is 1. The highest BCUT2D eigenvalue weighted by molar-refractivity contribution is 14.0. The van der Waals surface area contributed by atoms with Crippen molar-refractivity contribution in [2.45, 2.75) is 6.92 Å².